The fourth-order valence-corrected chi connectivity index (χ4v) is 13.7. The van der Waals surface area contributed by atoms with Crippen molar-refractivity contribution in [3.8, 4) is 0 Å². The van der Waals surface area contributed by atoms with Gasteiger partial charge in [0.25, 0.3) is 6.71 Å². The van der Waals surface area contributed by atoms with Gasteiger partial charge >= 0.3 is 0 Å². The van der Waals surface area contributed by atoms with E-state index in [-0.39, 0.29) is 39.2 Å². The molecule has 0 N–H and O–H groups in total. The number of para-hydroxylation sites is 1. The van der Waals surface area contributed by atoms with Crippen molar-refractivity contribution >= 4 is 74.5 Å². The third kappa shape index (κ3) is 6.98. The smallest absolute Gasteiger partial charge is 0.297 e. The summed E-state index contributed by atoms with van der Waals surface area (Å²) in [5, 5.41) is 0. The Morgan fingerprint density at radius 3 is 1.62 bits per heavy atom. The molecule has 0 saturated heterocycles. The maximum atomic E-state index is 7.76. The summed E-state index contributed by atoms with van der Waals surface area (Å²) in [7, 11) is 0. The van der Waals surface area contributed by atoms with E-state index in [1.807, 2.05) is 0 Å². The second-order valence-corrected chi connectivity index (χ2v) is 26.4. The largest absolute Gasteiger partial charge is 0.472 e. The molecule has 2 aliphatic heterocycles. The van der Waals surface area contributed by atoms with Crippen molar-refractivity contribution in [3.05, 3.63) is 166 Å². The van der Waals surface area contributed by atoms with E-state index in [2.05, 4.69) is 233 Å². The molecule has 5 aliphatic rings. The molecule has 0 fully saturated rings. The molecule has 0 bridgehead atoms. The third-order valence-corrected chi connectivity index (χ3v) is 18.4. The van der Waals surface area contributed by atoms with Gasteiger partial charge in [-0.1, -0.05) is 149 Å². The summed E-state index contributed by atoms with van der Waals surface area (Å²) in [6.45, 7) is 33.7. The highest BCUT2D eigenvalue weighted by Gasteiger charge is 2.53. The van der Waals surface area contributed by atoms with E-state index in [0.29, 0.717) is 0 Å². The van der Waals surface area contributed by atoms with Crippen LogP contribution in [0.3, 0.4) is 0 Å². The average Bonchev–Trinajstić information content (AvgIpc) is 3.75. The van der Waals surface area contributed by atoms with Crippen LogP contribution in [-0.2, 0) is 32.5 Å². The Bertz CT molecular complexity index is 3310. The SMILES string of the molecule is Cc1ccc(N2c3ccc(C)cc3B3c4oc5c(c4N(c4ccc6c(c4)C(C)(C)CCC6(C)C)c4cc(N(c6ccccc6)c6ccc7c(c6)C(C)(C)CCC7(C)C)cc2c43)C(C)(C)CCC5(C)C)cc1. The van der Waals surface area contributed by atoms with Gasteiger partial charge < -0.3 is 19.1 Å². The first kappa shape index (κ1) is 46.2. The van der Waals surface area contributed by atoms with E-state index in [9.17, 15) is 0 Å². The van der Waals surface area contributed by atoms with Gasteiger partial charge in [0.1, 0.15) is 5.76 Å². The highest BCUT2D eigenvalue weighted by molar-refractivity contribution is 6.99. The topological polar surface area (TPSA) is 22.9 Å². The van der Waals surface area contributed by atoms with Crippen LogP contribution < -0.4 is 31.3 Å². The molecule has 0 atom stereocenters. The van der Waals surface area contributed by atoms with Crippen LogP contribution in [0.25, 0.3) is 0 Å². The van der Waals surface area contributed by atoms with Crippen LogP contribution in [0, 0.1) is 13.8 Å². The molecule has 5 heteroatoms. The van der Waals surface area contributed by atoms with Crippen LogP contribution in [0.15, 0.2) is 126 Å². The molecule has 3 heterocycles. The minimum atomic E-state index is -0.132. The van der Waals surface area contributed by atoms with Crippen molar-refractivity contribution in [2.45, 2.75) is 168 Å². The summed E-state index contributed by atoms with van der Waals surface area (Å²) in [5.74, 6) is 1.15. The summed E-state index contributed by atoms with van der Waals surface area (Å²) in [6, 6.07) is 47.4. The lowest BCUT2D eigenvalue weighted by molar-refractivity contribution is 0.282. The first-order valence-electron chi connectivity index (χ1n) is 26.8. The van der Waals surface area contributed by atoms with Gasteiger partial charge in [0.05, 0.1) is 17.0 Å². The highest BCUT2D eigenvalue weighted by Crippen LogP contribution is 2.57. The average molecular weight is 936 g/mol. The number of aryl methyl sites for hydroxylation is 2. The van der Waals surface area contributed by atoms with Crippen molar-refractivity contribution < 1.29 is 4.42 Å². The zero-order valence-electron chi connectivity index (χ0n) is 45.1. The number of benzene rings is 6. The molecule has 71 heavy (non-hydrogen) atoms. The minimum Gasteiger partial charge on any atom is -0.472 e. The van der Waals surface area contributed by atoms with Crippen molar-refractivity contribution in [2.75, 3.05) is 14.7 Å². The van der Waals surface area contributed by atoms with Crippen LogP contribution in [0.1, 0.15) is 166 Å². The number of hydrogen-bond donors (Lipinski definition) is 0. The standard InChI is InChI=1S/C66H74BN3O/c1-41-20-23-44(24-21-41)69-53-29-22-42(2)36-52(53)67-57-54(69)39-47(68(43-18-16-15-17-19-43)45-25-27-48-50(37-45)63(7,8)32-30-61(48,3)4)40-55(57)70(46-26-28-49-51(38-46)64(9,10)33-31-62(49,5)6)58-56-59(71-60(58)67)66(13,14)35-34-65(56,11)12/h15-29,36-40H,30-35H2,1-14H3. The predicted molar refractivity (Wildman–Crippen MR) is 303 cm³/mol. The van der Waals surface area contributed by atoms with E-state index in [1.54, 1.807) is 0 Å². The third-order valence-electron chi connectivity index (χ3n) is 18.4. The quantitative estimate of drug-likeness (QED) is 0.160. The molecule has 6 aromatic carbocycles. The van der Waals surface area contributed by atoms with Crippen LogP contribution >= 0.6 is 0 Å². The Kier molecular flexibility index (Phi) is 9.94. The summed E-state index contributed by atoms with van der Waals surface area (Å²) in [6.07, 6.45) is 6.83. The molecule has 4 nitrogen and oxygen atoms in total. The lowest BCUT2D eigenvalue weighted by Crippen LogP contribution is -2.61. The van der Waals surface area contributed by atoms with Gasteiger partial charge in [-0.3, -0.25) is 0 Å². The maximum Gasteiger partial charge on any atom is 0.297 e. The zero-order valence-corrected chi connectivity index (χ0v) is 45.1. The van der Waals surface area contributed by atoms with E-state index >= 15 is 0 Å². The summed E-state index contributed by atoms with van der Waals surface area (Å²) in [5.41, 5.74) is 24.1. The Labute approximate surface area is 425 Å². The Morgan fingerprint density at radius 2 is 0.972 bits per heavy atom. The number of nitrogens with zero attached hydrogens (tertiary/aromatic N) is 3. The van der Waals surface area contributed by atoms with Crippen molar-refractivity contribution in [1.29, 1.82) is 0 Å². The van der Waals surface area contributed by atoms with Gasteiger partial charge in [0.15, 0.2) is 0 Å². The summed E-state index contributed by atoms with van der Waals surface area (Å²) < 4.78 is 7.76. The first-order valence-corrected chi connectivity index (χ1v) is 26.8. The summed E-state index contributed by atoms with van der Waals surface area (Å²) >= 11 is 0. The van der Waals surface area contributed by atoms with Gasteiger partial charge in [0.2, 0.25) is 0 Å². The van der Waals surface area contributed by atoms with Gasteiger partial charge in [-0.05, 0) is 179 Å². The minimum absolute atomic E-state index is 0.0258. The van der Waals surface area contributed by atoms with Crippen molar-refractivity contribution in [3.63, 3.8) is 0 Å². The van der Waals surface area contributed by atoms with E-state index in [0.717, 1.165) is 54.2 Å². The molecular weight excluding hydrogens is 862 g/mol. The van der Waals surface area contributed by atoms with Crippen LogP contribution in [0.5, 0.6) is 0 Å². The molecule has 0 radical (unpaired) electrons. The fourth-order valence-electron chi connectivity index (χ4n) is 13.7. The van der Waals surface area contributed by atoms with Gasteiger partial charge in [-0.25, -0.2) is 0 Å². The van der Waals surface area contributed by atoms with Gasteiger partial charge in [0, 0.05) is 50.8 Å². The fraction of sp³-hybridized carbons (Fsp3) is 0.394. The molecule has 0 unspecified atom stereocenters. The van der Waals surface area contributed by atoms with E-state index < -0.39 is 0 Å². The van der Waals surface area contributed by atoms with Gasteiger partial charge in [-0.2, -0.15) is 0 Å². The van der Waals surface area contributed by atoms with Gasteiger partial charge in [-0.15, -0.1) is 0 Å². The molecule has 7 aromatic rings. The molecule has 0 saturated carbocycles. The molecule has 1 aromatic heterocycles. The number of hydrogen-bond acceptors (Lipinski definition) is 4. The van der Waals surface area contributed by atoms with Crippen LogP contribution in [0.4, 0.5) is 51.2 Å². The summed E-state index contributed by atoms with van der Waals surface area (Å²) in [4.78, 5) is 7.80. The van der Waals surface area contributed by atoms with Crippen LogP contribution in [0.2, 0.25) is 0 Å². The number of anilines is 9. The second kappa shape index (κ2) is 15.3. The molecule has 12 rings (SSSR count). The monoisotopic (exact) mass is 936 g/mol. The van der Waals surface area contributed by atoms with Crippen LogP contribution in [-0.4, -0.2) is 6.71 Å². The van der Waals surface area contributed by atoms with Crippen molar-refractivity contribution in [2.24, 2.45) is 0 Å². The molecule has 362 valence electrons. The first-order chi connectivity index (χ1) is 33.5. The Balaban J connectivity index is 1.23. The second-order valence-electron chi connectivity index (χ2n) is 26.4. The van der Waals surface area contributed by atoms with E-state index in [4.69, 9.17) is 4.42 Å². The van der Waals surface area contributed by atoms with Crippen molar-refractivity contribution in [1.82, 2.24) is 0 Å². The number of fused-ring (bicyclic) bond motifs is 8. The Morgan fingerprint density at radius 1 is 0.437 bits per heavy atom. The Hall–Kier alpha value is -5.94. The maximum absolute atomic E-state index is 7.76. The molecule has 0 spiro atoms. The number of furan rings is 1. The normalized spacial score (nSPS) is 19.9. The highest BCUT2D eigenvalue weighted by atomic mass is 16.3. The lowest BCUT2D eigenvalue weighted by atomic mass is 9.35. The predicted octanol–water partition coefficient (Wildman–Crippen LogP) is 16.5. The molecular formula is C66H74BN3O. The zero-order chi connectivity index (χ0) is 49.9. The molecule has 3 aliphatic carbocycles. The van der Waals surface area contributed by atoms with E-state index in [1.165, 1.54) is 96.8 Å². The number of rotatable bonds is 5. The molecule has 0 amide bonds. The lowest BCUT2D eigenvalue weighted by Gasteiger charge is -2.46.